The average Bonchev–Trinajstić information content (AvgIpc) is 2.92. The Hall–Kier alpha value is -3.15. The van der Waals surface area contributed by atoms with Crippen LogP contribution in [0.25, 0.3) is 0 Å². The van der Waals surface area contributed by atoms with Crippen LogP contribution in [0.15, 0.2) is 36.4 Å². The van der Waals surface area contributed by atoms with Crippen LogP contribution in [0, 0.1) is 13.8 Å². The van der Waals surface area contributed by atoms with Gasteiger partial charge in [0.1, 0.15) is 5.75 Å². The fourth-order valence-corrected chi connectivity index (χ4v) is 2.96. The smallest absolute Gasteiger partial charge is 0.344 e. The third kappa shape index (κ3) is 4.16. The zero-order chi connectivity index (χ0) is 19.6. The number of rotatable bonds is 6. The van der Waals surface area contributed by atoms with Gasteiger partial charge in [0.15, 0.2) is 19.0 Å². The van der Waals surface area contributed by atoms with E-state index in [9.17, 15) is 14.4 Å². The van der Waals surface area contributed by atoms with Crippen molar-refractivity contribution in [2.75, 3.05) is 18.5 Å². The SMILES string of the molecule is Cc1ccc(OCC(=O)OCC(=O)c2ccc3c(c2)[C@H](C)C(=O)N3)c(C)c1. The number of Topliss-reactive ketones (excluding diaryl/α,β-unsaturated/α-hetero) is 1. The quantitative estimate of drug-likeness (QED) is 0.626. The second-order valence-electron chi connectivity index (χ2n) is 6.65. The summed E-state index contributed by atoms with van der Waals surface area (Å²) in [4.78, 5) is 35.8. The van der Waals surface area contributed by atoms with Gasteiger partial charge < -0.3 is 14.8 Å². The first-order valence-corrected chi connectivity index (χ1v) is 8.69. The van der Waals surface area contributed by atoms with E-state index in [0.717, 1.165) is 16.7 Å². The maximum Gasteiger partial charge on any atom is 0.344 e. The van der Waals surface area contributed by atoms with E-state index in [1.54, 1.807) is 31.2 Å². The van der Waals surface area contributed by atoms with Crippen molar-refractivity contribution in [2.24, 2.45) is 0 Å². The molecule has 3 rings (SSSR count). The number of ketones is 1. The summed E-state index contributed by atoms with van der Waals surface area (Å²) < 4.78 is 10.5. The summed E-state index contributed by atoms with van der Waals surface area (Å²) in [6.45, 7) is 5.01. The van der Waals surface area contributed by atoms with Gasteiger partial charge in [0.25, 0.3) is 0 Å². The van der Waals surface area contributed by atoms with Crippen molar-refractivity contribution in [1.29, 1.82) is 0 Å². The number of esters is 1. The number of amides is 1. The topological polar surface area (TPSA) is 81.7 Å². The molecule has 0 radical (unpaired) electrons. The summed E-state index contributed by atoms with van der Waals surface area (Å²) in [5.41, 5.74) is 3.92. The molecule has 140 valence electrons. The predicted molar refractivity (Wildman–Crippen MR) is 100 cm³/mol. The lowest BCUT2D eigenvalue weighted by atomic mass is 9.99. The third-order valence-corrected chi connectivity index (χ3v) is 4.53. The molecule has 1 amide bonds. The van der Waals surface area contributed by atoms with Crippen LogP contribution in [-0.2, 0) is 14.3 Å². The van der Waals surface area contributed by atoms with E-state index in [0.29, 0.717) is 17.0 Å². The number of carbonyl (C=O) groups is 3. The van der Waals surface area contributed by atoms with Crippen LogP contribution in [-0.4, -0.2) is 30.9 Å². The summed E-state index contributed by atoms with van der Waals surface area (Å²) in [6, 6.07) is 10.6. The Morgan fingerprint density at radius 2 is 1.85 bits per heavy atom. The van der Waals surface area contributed by atoms with Crippen LogP contribution in [0.4, 0.5) is 5.69 Å². The minimum Gasteiger partial charge on any atom is -0.482 e. The molecule has 2 aromatic rings. The largest absolute Gasteiger partial charge is 0.482 e. The van der Waals surface area contributed by atoms with Crippen LogP contribution in [0.1, 0.15) is 39.9 Å². The monoisotopic (exact) mass is 367 g/mol. The van der Waals surface area contributed by atoms with Crippen LogP contribution in [0.3, 0.4) is 0 Å². The number of carbonyl (C=O) groups excluding carboxylic acids is 3. The molecule has 0 aromatic heterocycles. The molecule has 1 aliphatic heterocycles. The zero-order valence-electron chi connectivity index (χ0n) is 15.5. The summed E-state index contributed by atoms with van der Waals surface area (Å²) in [6.07, 6.45) is 0. The molecule has 0 fully saturated rings. The van der Waals surface area contributed by atoms with Gasteiger partial charge in [-0.05, 0) is 56.2 Å². The number of aryl methyl sites for hydroxylation is 2. The maximum absolute atomic E-state index is 12.3. The molecule has 1 heterocycles. The first-order valence-electron chi connectivity index (χ1n) is 8.69. The molecule has 1 N–H and O–H groups in total. The molecule has 0 bridgehead atoms. The zero-order valence-corrected chi connectivity index (χ0v) is 15.5. The van der Waals surface area contributed by atoms with Gasteiger partial charge in [-0.1, -0.05) is 17.7 Å². The molecular formula is C21H21NO5. The Morgan fingerprint density at radius 1 is 1.07 bits per heavy atom. The molecule has 27 heavy (non-hydrogen) atoms. The Kier molecular flexibility index (Phi) is 5.26. The molecule has 1 aliphatic rings. The molecule has 0 aliphatic carbocycles. The van der Waals surface area contributed by atoms with Gasteiger partial charge in [-0.15, -0.1) is 0 Å². The number of nitrogens with one attached hydrogen (secondary N) is 1. The molecule has 0 unspecified atom stereocenters. The van der Waals surface area contributed by atoms with Gasteiger partial charge in [-0.3, -0.25) is 9.59 Å². The van der Waals surface area contributed by atoms with Crippen LogP contribution in [0.2, 0.25) is 0 Å². The van der Waals surface area contributed by atoms with Gasteiger partial charge in [-0.2, -0.15) is 0 Å². The van der Waals surface area contributed by atoms with E-state index in [2.05, 4.69) is 5.32 Å². The Bertz CT molecular complexity index is 919. The van der Waals surface area contributed by atoms with Crippen molar-refractivity contribution >= 4 is 23.3 Å². The number of fused-ring (bicyclic) bond motifs is 1. The highest BCUT2D eigenvalue weighted by Crippen LogP contribution is 2.32. The lowest BCUT2D eigenvalue weighted by molar-refractivity contribution is -0.144. The Balaban J connectivity index is 1.53. The normalized spacial score (nSPS) is 15.1. The van der Waals surface area contributed by atoms with Crippen molar-refractivity contribution in [2.45, 2.75) is 26.7 Å². The minimum absolute atomic E-state index is 0.0930. The second-order valence-corrected chi connectivity index (χ2v) is 6.65. The standard InChI is InChI=1S/C21H21NO5/c1-12-4-7-19(13(2)8-12)26-11-20(24)27-10-18(23)15-5-6-17-16(9-15)14(3)21(25)22-17/h4-9,14H,10-11H2,1-3H3,(H,22,25)/t14-/m0/s1. The van der Waals surface area contributed by atoms with Gasteiger partial charge in [0, 0.05) is 11.3 Å². The third-order valence-electron chi connectivity index (χ3n) is 4.53. The van der Waals surface area contributed by atoms with Gasteiger partial charge >= 0.3 is 5.97 Å². The van der Waals surface area contributed by atoms with E-state index in [-0.39, 0.29) is 30.8 Å². The molecule has 6 nitrogen and oxygen atoms in total. The Labute approximate surface area is 157 Å². The molecular weight excluding hydrogens is 346 g/mol. The van der Waals surface area contributed by atoms with E-state index in [1.165, 1.54) is 0 Å². The first kappa shape index (κ1) is 18.6. The van der Waals surface area contributed by atoms with E-state index in [4.69, 9.17) is 9.47 Å². The van der Waals surface area contributed by atoms with Crippen molar-refractivity contribution < 1.29 is 23.9 Å². The van der Waals surface area contributed by atoms with Crippen LogP contribution < -0.4 is 10.1 Å². The summed E-state index contributed by atoms with van der Waals surface area (Å²) in [5.74, 6) is -0.737. The maximum atomic E-state index is 12.3. The van der Waals surface area contributed by atoms with Gasteiger partial charge in [-0.25, -0.2) is 4.79 Å². The van der Waals surface area contributed by atoms with Crippen LogP contribution >= 0.6 is 0 Å². The minimum atomic E-state index is -0.616. The lowest BCUT2D eigenvalue weighted by Crippen LogP contribution is -2.19. The summed E-state index contributed by atoms with van der Waals surface area (Å²) in [7, 11) is 0. The summed E-state index contributed by atoms with van der Waals surface area (Å²) in [5, 5.41) is 2.75. The highest BCUT2D eigenvalue weighted by atomic mass is 16.6. The molecule has 0 saturated heterocycles. The number of benzene rings is 2. The molecule has 6 heteroatoms. The van der Waals surface area contributed by atoms with Gasteiger partial charge in [0.2, 0.25) is 5.91 Å². The first-order chi connectivity index (χ1) is 12.8. The Morgan fingerprint density at radius 3 is 2.59 bits per heavy atom. The summed E-state index contributed by atoms with van der Waals surface area (Å²) >= 11 is 0. The van der Waals surface area contributed by atoms with Crippen molar-refractivity contribution in [1.82, 2.24) is 0 Å². The van der Waals surface area contributed by atoms with E-state index >= 15 is 0 Å². The fraction of sp³-hybridized carbons (Fsp3) is 0.286. The number of ether oxygens (including phenoxy) is 2. The van der Waals surface area contributed by atoms with Crippen molar-refractivity contribution in [3.63, 3.8) is 0 Å². The molecule has 0 saturated carbocycles. The number of hydrogen-bond acceptors (Lipinski definition) is 5. The predicted octanol–water partition coefficient (Wildman–Crippen LogP) is 3.16. The van der Waals surface area contributed by atoms with E-state index in [1.807, 2.05) is 26.0 Å². The number of anilines is 1. The molecule has 0 spiro atoms. The highest BCUT2D eigenvalue weighted by molar-refractivity contribution is 6.05. The van der Waals surface area contributed by atoms with E-state index < -0.39 is 5.97 Å². The highest BCUT2D eigenvalue weighted by Gasteiger charge is 2.27. The van der Waals surface area contributed by atoms with Crippen molar-refractivity contribution in [3.8, 4) is 5.75 Å². The number of hydrogen-bond donors (Lipinski definition) is 1. The van der Waals surface area contributed by atoms with Crippen LogP contribution in [0.5, 0.6) is 5.75 Å². The molecule has 2 aromatic carbocycles. The fourth-order valence-electron chi connectivity index (χ4n) is 2.96. The second kappa shape index (κ2) is 7.61. The average molecular weight is 367 g/mol. The van der Waals surface area contributed by atoms with Gasteiger partial charge in [0.05, 0.1) is 5.92 Å². The molecule has 1 atom stereocenters. The van der Waals surface area contributed by atoms with Crippen molar-refractivity contribution in [3.05, 3.63) is 58.7 Å². The lowest BCUT2D eigenvalue weighted by Gasteiger charge is -2.10.